The summed E-state index contributed by atoms with van der Waals surface area (Å²) >= 11 is 5.78. The molecular formula is C11H14ClNO4. The Labute approximate surface area is 104 Å². The van der Waals surface area contributed by atoms with Crippen LogP contribution in [0.25, 0.3) is 0 Å². The molecule has 0 atom stereocenters. The van der Waals surface area contributed by atoms with Crippen LogP contribution in [0, 0.1) is 0 Å². The van der Waals surface area contributed by atoms with Crippen LogP contribution in [0.5, 0.6) is 0 Å². The number of aliphatic hydroxyl groups is 2. The van der Waals surface area contributed by atoms with E-state index in [1.54, 1.807) is 6.92 Å². The van der Waals surface area contributed by atoms with Crippen LogP contribution in [-0.2, 0) is 0 Å². The number of hydrogen-bond donors (Lipinski definition) is 4. The number of carboxylic acids is 1. The van der Waals surface area contributed by atoms with Gasteiger partial charge in [0.05, 0.1) is 30.0 Å². The van der Waals surface area contributed by atoms with Crippen LogP contribution >= 0.6 is 11.6 Å². The normalized spacial score (nSPS) is 11.3. The lowest BCUT2D eigenvalue weighted by Crippen LogP contribution is -2.42. The van der Waals surface area contributed by atoms with Crippen LogP contribution in [0.3, 0.4) is 0 Å². The van der Waals surface area contributed by atoms with Gasteiger partial charge in [-0.05, 0) is 25.1 Å². The quantitative estimate of drug-likeness (QED) is 0.638. The number of benzene rings is 1. The number of nitrogens with one attached hydrogen (secondary N) is 1. The number of hydrogen-bond acceptors (Lipinski definition) is 4. The van der Waals surface area contributed by atoms with Crippen molar-refractivity contribution in [2.45, 2.75) is 12.5 Å². The minimum Gasteiger partial charge on any atom is -0.478 e. The Hall–Kier alpha value is -1.30. The highest BCUT2D eigenvalue weighted by atomic mass is 35.5. The monoisotopic (exact) mass is 259 g/mol. The van der Waals surface area contributed by atoms with E-state index in [-0.39, 0.29) is 24.5 Å². The molecule has 1 aromatic carbocycles. The van der Waals surface area contributed by atoms with Crippen molar-refractivity contribution in [1.82, 2.24) is 0 Å². The molecule has 1 aromatic rings. The number of aromatic carboxylic acids is 1. The number of halogens is 1. The van der Waals surface area contributed by atoms with E-state index in [0.29, 0.717) is 5.02 Å². The summed E-state index contributed by atoms with van der Waals surface area (Å²) in [6.07, 6.45) is 0. The first kappa shape index (κ1) is 13.8. The van der Waals surface area contributed by atoms with Crippen LogP contribution in [0.2, 0.25) is 5.02 Å². The molecule has 0 spiro atoms. The summed E-state index contributed by atoms with van der Waals surface area (Å²) in [7, 11) is 0. The van der Waals surface area contributed by atoms with Gasteiger partial charge >= 0.3 is 5.97 Å². The van der Waals surface area contributed by atoms with E-state index >= 15 is 0 Å². The maximum atomic E-state index is 11.0. The number of carboxylic acid groups (broad SMARTS) is 1. The molecule has 0 aromatic heterocycles. The molecule has 17 heavy (non-hydrogen) atoms. The summed E-state index contributed by atoms with van der Waals surface area (Å²) in [4.78, 5) is 11.0. The molecule has 0 saturated heterocycles. The Balaban J connectivity index is 3.12. The molecule has 0 aliphatic carbocycles. The molecule has 0 unspecified atom stereocenters. The molecule has 0 saturated carbocycles. The lowest BCUT2D eigenvalue weighted by molar-refractivity contribution is 0.0697. The van der Waals surface area contributed by atoms with Crippen molar-refractivity contribution in [2.24, 2.45) is 0 Å². The Bertz CT molecular complexity index is 418. The molecule has 94 valence electrons. The Morgan fingerprint density at radius 2 is 2.00 bits per heavy atom. The van der Waals surface area contributed by atoms with Crippen LogP contribution in [0.15, 0.2) is 18.2 Å². The van der Waals surface area contributed by atoms with Gasteiger partial charge in [-0.3, -0.25) is 0 Å². The molecule has 0 heterocycles. The van der Waals surface area contributed by atoms with E-state index in [4.69, 9.17) is 26.9 Å². The summed E-state index contributed by atoms with van der Waals surface area (Å²) in [5.74, 6) is -1.11. The number of aliphatic hydroxyl groups excluding tert-OH is 2. The SMILES string of the molecule is CC(CO)(CO)Nc1cc(Cl)ccc1C(=O)O. The predicted octanol–water partition coefficient (Wildman–Crippen LogP) is 1.19. The number of rotatable bonds is 5. The molecule has 0 amide bonds. The average molecular weight is 260 g/mol. The van der Waals surface area contributed by atoms with E-state index in [2.05, 4.69) is 5.32 Å². The average Bonchev–Trinajstić information content (AvgIpc) is 2.28. The van der Waals surface area contributed by atoms with Gasteiger partial charge in [-0.1, -0.05) is 11.6 Å². The van der Waals surface area contributed by atoms with E-state index in [1.165, 1.54) is 18.2 Å². The molecule has 0 bridgehead atoms. The number of carbonyl (C=O) groups is 1. The number of anilines is 1. The van der Waals surface area contributed by atoms with Gasteiger partial charge in [-0.15, -0.1) is 0 Å². The molecule has 5 nitrogen and oxygen atoms in total. The van der Waals surface area contributed by atoms with E-state index in [9.17, 15) is 4.79 Å². The van der Waals surface area contributed by atoms with Crippen molar-refractivity contribution in [3.05, 3.63) is 28.8 Å². The molecule has 4 N–H and O–H groups in total. The summed E-state index contributed by atoms with van der Waals surface area (Å²) < 4.78 is 0. The first-order valence-corrected chi connectivity index (χ1v) is 5.32. The molecule has 0 aliphatic heterocycles. The topological polar surface area (TPSA) is 89.8 Å². The summed E-state index contributed by atoms with van der Waals surface area (Å²) in [5.41, 5.74) is -0.715. The van der Waals surface area contributed by atoms with E-state index in [1.807, 2.05) is 0 Å². The van der Waals surface area contributed by atoms with Gasteiger partial charge in [-0.2, -0.15) is 0 Å². The second-order valence-electron chi connectivity index (χ2n) is 4.00. The summed E-state index contributed by atoms with van der Waals surface area (Å²) in [5, 5.41) is 30.4. The first-order chi connectivity index (χ1) is 7.91. The van der Waals surface area contributed by atoms with Crippen LogP contribution in [0.1, 0.15) is 17.3 Å². The summed E-state index contributed by atoms with van der Waals surface area (Å²) in [6, 6.07) is 4.27. The van der Waals surface area contributed by atoms with Crippen molar-refractivity contribution in [2.75, 3.05) is 18.5 Å². The zero-order valence-corrected chi connectivity index (χ0v) is 10.0. The minimum atomic E-state index is -1.11. The molecule has 0 radical (unpaired) electrons. The second-order valence-corrected chi connectivity index (χ2v) is 4.43. The van der Waals surface area contributed by atoms with Gasteiger partial charge < -0.3 is 20.6 Å². The van der Waals surface area contributed by atoms with Crippen molar-refractivity contribution in [3.8, 4) is 0 Å². The molecular weight excluding hydrogens is 246 g/mol. The zero-order valence-electron chi connectivity index (χ0n) is 9.27. The molecule has 1 rings (SSSR count). The van der Waals surface area contributed by atoms with Gasteiger partial charge in [0.15, 0.2) is 0 Å². The fourth-order valence-corrected chi connectivity index (χ4v) is 1.43. The third-order valence-electron chi connectivity index (χ3n) is 2.35. The van der Waals surface area contributed by atoms with Gasteiger partial charge in [0.1, 0.15) is 0 Å². The highest BCUT2D eigenvalue weighted by molar-refractivity contribution is 6.31. The third kappa shape index (κ3) is 3.33. The fourth-order valence-electron chi connectivity index (χ4n) is 1.26. The van der Waals surface area contributed by atoms with E-state index < -0.39 is 11.5 Å². The van der Waals surface area contributed by atoms with Gasteiger partial charge in [0.2, 0.25) is 0 Å². The summed E-state index contributed by atoms with van der Waals surface area (Å²) in [6.45, 7) is 0.893. The van der Waals surface area contributed by atoms with Crippen molar-refractivity contribution >= 4 is 23.3 Å². The van der Waals surface area contributed by atoms with Gasteiger partial charge in [0, 0.05) is 5.02 Å². The largest absolute Gasteiger partial charge is 0.478 e. The molecule has 6 heteroatoms. The van der Waals surface area contributed by atoms with Gasteiger partial charge in [-0.25, -0.2) is 4.79 Å². The van der Waals surface area contributed by atoms with E-state index in [0.717, 1.165) is 0 Å². The minimum absolute atomic E-state index is 0.0301. The second kappa shape index (κ2) is 5.35. The standard InChI is InChI=1S/C11H14ClNO4/c1-11(5-14,6-15)13-9-4-7(12)2-3-8(9)10(16)17/h2-4,13-15H,5-6H2,1H3,(H,16,17). The van der Waals surface area contributed by atoms with Gasteiger partial charge in [0.25, 0.3) is 0 Å². The van der Waals surface area contributed by atoms with Crippen molar-refractivity contribution in [1.29, 1.82) is 0 Å². The van der Waals surface area contributed by atoms with Crippen LogP contribution in [-0.4, -0.2) is 40.0 Å². The highest BCUT2D eigenvalue weighted by Crippen LogP contribution is 2.24. The molecule has 0 aliphatic rings. The lowest BCUT2D eigenvalue weighted by Gasteiger charge is -2.28. The Kier molecular flexibility index (Phi) is 4.34. The lowest BCUT2D eigenvalue weighted by atomic mass is 10.0. The van der Waals surface area contributed by atoms with Crippen LogP contribution < -0.4 is 5.32 Å². The van der Waals surface area contributed by atoms with Crippen molar-refractivity contribution < 1.29 is 20.1 Å². The zero-order chi connectivity index (χ0) is 13.1. The highest BCUT2D eigenvalue weighted by Gasteiger charge is 2.24. The fraction of sp³-hybridized carbons (Fsp3) is 0.364. The smallest absolute Gasteiger partial charge is 0.337 e. The first-order valence-electron chi connectivity index (χ1n) is 4.94. The Morgan fingerprint density at radius 1 is 1.41 bits per heavy atom. The Morgan fingerprint density at radius 3 is 2.47 bits per heavy atom. The third-order valence-corrected chi connectivity index (χ3v) is 2.58. The maximum absolute atomic E-state index is 11.0. The maximum Gasteiger partial charge on any atom is 0.337 e. The molecule has 0 fully saturated rings. The van der Waals surface area contributed by atoms with Crippen LogP contribution in [0.4, 0.5) is 5.69 Å². The van der Waals surface area contributed by atoms with Crippen molar-refractivity contribution in [3.63, 3.8) is 0 Å². The predicted molar refractivity (Wildman–Crippen MR) is 64.6 cm³/mol.